The molecule has 4 heteroatoms. The Morgan fingerprint density at radius 2 is 2.20 bits per heavy atom. The summed E-state index contributed by atoms with van der Waals surface area (Å²) in [6, 6.07) is 6.82. The highest BCUT2D eigenvalue weighted by Crippen LogP contribution is 2.51. The van der Waals surface area contributed by atoms with Gasteiger partial charge in [0.25, 0.3) is 0 Å². The molecule has 20 heavy (non-hydrogen) atoms. The number of hydrogen-bond donors (Lipinski definition) is 1. The standard InChI is InChI=1S/C16H23NO2.ClH/c1-4-17-12-8-11-9-16(2,10-12)19-15-13(11)6-5-7-14(15)18-3;/h5-7,11-12,17H,4,8-10H2,1-3H3;1H/t11?,12-,16?;/m0./s1. The molecule has 2 unspecified atom stereocenters. The van der Waals surface area contributed by atoms with E-state index < -0.39 is 0 Å². The molecule has 0 saturated heterocycles. The Kier molecular flexibility index (Phi) is 4.50. The summed E-state index contributed by atoms with van der Waals surface area (Å²) in [5, 5.41) is 3.59. The van der Waals surface area contributed by atoms with Gasteiger partial charge >= 0.3 is 0 Å². The van der Waals surface area contributed by atoms with Crippen LogP contribution in [0.15, 0.2) is 18.2 Å². The number of rotatable bonds is 3. The lowest BCUT2D eigenvalue weighted by Crippen LogP contribution is -2.50. The number of methoxy groups -OCH3 is 1. The highest BCUT2D eigenvalue weighted by atomic mass is 35.5. The minimum Gasteiger partial charge on any atom is -0.493 e. The largest absolute Gasteiger partial charge is 0.493 e. The quantitative estimate of drug-likeness (QED) is 0.926. The van der Waals surface area contributed by atoms with Crippen LogP contribution in [0.1, 0.15) is 44.6 Å². The highest BCUT2D eigenvalue weighted by Gasteiger charge is 2.44. The molecule has 0 radical (unpaired) electrons. The van der Waals surface area contributed by atoms with Crippen LogP contribution in [0.25, 0.3) is 0 Å². The zero-order valence-corrected chi connectivity index (χ0v) is 13.3. The van der Waals surface area contributed by atoms with Gasteiger partial charge in [0, 0.05) is 18.0 Å². The lowest BCUT2D eigenvalue weighted by Gasteiger charge is -2.47. The van der Waals surface area contributed by atoms with E-state index in [9.17, 15) is 0 Å². The van der Waals surface area contributed by atoms with Crippen LogP contribution in [0, 0.1) is 0 Å². The van der Waals surface area contributed by atoms with Gasteiger partial charge in [-0.2, -0.15) is 0 Å². The zero-order chi connectivity index (χ0) is 13.5. The predicted octanol–water partition coefficient (Wildman–Crippen LogP) is 3.51. The predicted molar refractivity (Wildman–Crippen MR) is 83.3 cm³/mol. The summed E-state index contributed by atoms with van der Waals surface area (Å²) < 4.78 is 11.8. The molecule has 1 N–H and O–H groups in total. The Labute approximate surface area is 127 Å². The molecule has 112 valence electrons. The maximum Gasteiger partial charge on any atom is 0.165 e. The summed E-state index contributed by atoms with van der Waals surface area (Å²) in [7, 11) is 1.72. The molecule has 3 atom stereocenters. The number of ether oxygens (including phenoxy) is 2. The van der Waals surface area contributed by atoms with Gasteiger partial charge in [0.2, 0.25) is 0 Å². The van der Waals surface area contributed by atoms with Crippen LogP contribution < -0.4 is 14.8 Å². The van der Waals surface area contributed by atoms with Crippen LogP contribution in [0.2, 0.25) is 0 Å². The summed E-state index contributed by atoms with van der Waals surface area (Å²) in [6.45, 7) is 5.43. The SMILES string of the molecule is CCN[C@H]1CC2CC(C)(C1)Oc1c(OC)cccc12.Cl. The number of nitrogens with one attached hydrogen (secondary N) is 1. The topological polar surface area (TPSA) is 30.5 Å². The fourth-order valence-corrected chi connectivity index (χ4v) is 3.77. The molecule has 1 saturated carbocycles. The molecule has 1 aromatic carbocycles. The van der Waals surface area contributed by atoms with Gasteiger partial charge in [-0.05, 0) is 38.3 Å². The Bertz CT molecular complexity index is 480. The average Bonchev–Trinajstić information content (AvgIpc) is 2.37. The Balaban J connectivity index is 0.00000147. The second-order valence-electron chi connectivity index (χ2n) is 6.03. The Morgan fingerprint density at radius 3 is 2.90 bits per heavy atom. The molecule has 3 rings (SSSR count). The molecule has 1 aliphatic carbocycles. The fourth-order valence-electron chi connectivity index (χ4n) is 3.77. The minimum absolute atomic E-state index is 0. The van der Waals surface area contributed by atoms with Crippen LogP contribution in [-0.4, -0.2) is 25.3 Å². The van der Waals surface area contributed by atoms with Crippen molar-refractivity contribution in [3.63, 3.8) is 0 Å². The van der Waals surface area contributed by atoms with Gasteiger partial charge < -0.3 is 14.8 Å². The summed E-state index contributed by atoms with van der Waals surface area (Å²) >= 11 is 0. The van der Waals surface area contributed by atoms with E-state index in [0.717, 1.165) is 30.9 Å². The average molecular weight is 298 g/mol. The molecule has 3 nitrogen and oxygen atoms in total. The van der Waals surface area contributed by atoms with E-state index in [2.05, 4.69) is 31.3 Å². The van der Waals surface area contributed by atoms with Crippen LogP contribution in [0.4, 0.5) is 0 Å². The van der Waals surface area contributed by atoms with E-state index in [4.69, 9.17) is 9.47 Å². The first-order valence-electron chi connectivity index (χ1n) is 7.24. The van der Waals surface area contributed by atoms with Crippen LogP contribution >= 0.6 is 12.4 Å². The molecule has 0 aromatic heterocycles. The fraction of sp³-hybridized carbons (Fsp3) is 0.625. The smallest absolute Gasteiger partial charge is 0.165 e. The Morgan fingerprint density at radius 1 is 1.40 bits per heavy atom. The number of fused-ring (bicyclic) bond motifs is 4. The molecule has 0 amide bonds. The third kappa shape index (κ3) is 2.61. The molecule has 2 bridgehead atoms. The van der Waals surface area contributed by atoms with Crippen molar-refractivity contribution in [3.8, 4) is 11.5 Å². The number of halogens is 1. The van der Waals surface area contributed by atoms with Gasteiger partial charge in [0.15, 0.2) is 11.5 Å². The Hall–Kier alpha value is -0.930. The van der Waals surface area contributed by atoms with Gasteiger partial charge in [-0.3, -0.25) is 0 Å². The monoisotopic (exact) mass is 297 g/mol. The van der Waals surface area contributed by atoms with Gasteiger partial charge in [-0.25, -0.2) is 0 Å². The van der Waals surface area contributed by atoms with Crippen molar-refractivity contribution in [1.82, 2.24) is 5.32 Å². The van der Waals surface area contributed by atoms with E-state index in [-0.39, 0.29) is 18.0 Å². The summed E-state index contributed by atoms with van der Waals surface area (Å²) in [5.74, 6) is 2.43. The molecule has 1 fully saturated rings. The van der Waals surface area contributed by atoms with Crippen molar-refractivity contribution in [2.75, 3.05) is 13.7 Å². The minimum atomic E-state index is -0.0581. The first-order chi connectivity index (χ1) is 9.15. The van der Waals surface area contributed by atoms with Crippen LogP contribution in [0.5, 0.6) is 11.5 Å². The van der Waals surface area contributed by atoms with Crippen molar-refractivity contribution in [2.45, 2.75) is 50.7 Å². The second-order valence-corrected chi connectivity index (χ2v) is 6.03. The van der Waals surface area contributed by atoms with Crippen molar-refractivity contribution >= 4 is 12.4 Å². The molecule has 1 aromatic rings. The van der Waals surface area contributed by atoms with E-state index >= 15 is 0 Å². The molecule has 2 aliphatic rings. The van der Waals surface area contributed by atoms with Crippen molar-refractivity contribution in [1.29, 1.82) is 0 Å². The van der Waals surface area contributed by atoms with Gasteiger partial charge in [-0.15, -0.1) is 12.4 Å². The van der Waals surface area contributed by atoms with Crippen molar-refractivity contribution in [3.05, 3.63) is 23.8 Å². The lowest BCUT2D eigenvalue weighted by molar-refractivity contribution is 0.00562. The normalized spacial score (nSPS) is 30.8. The first kappa shape index (κ1) is 15.5. The molecule has 0 spiro atoms. The summed E-state index contributed by atoms with van der Waals surface area (Å²) in [5.41, 5.74) is 1.26. The van der Waals surface area contributed by atoms with Crippen molar-refractivity contribution in [2.24, 2.45) is 0 Å². The molecular formula is C16H24ClNO2. The molecular weight excluding hydrogens is 274 g/mol. The van der Waals surface area contributed by atoms with Gasteiger partial charge in [0.1, 0.15) is 5.60 Å². The first-order valence-corrected chi connectivity index (χ1v) is 7.24. The van der Waals surface area contributed by atoms with E-state index in [1.807, 2.05) is 6.07 Å². The maximum absolute atomic E-state index is 6.32. The third-order valence-corrected chi connectivity index (χ3v) is 4.44. The van der Waals surface area contributed by atoms with Gasteiger partial charge in [0.05, 0.1) is 7.11 Å². The summed E-state index contributed by atoms with van der Waals surface area (Å²) in [6.07, 6.45) is 3.40. The van der Waals surface area contributed by atoms with E-state index in [1.165, 1.54) is 12.0 Å². The van der Waals surface area contributed by atoms with E-state index in [1.54, 1.807) is 7.11 Å². The molecule has 1 heterocycles. The number of benzene rings is 1. The van der Waals surface area contributed by atoms with E-state index in [0.29, 0.717) is 12.0 Å². The zero-order valence-electron chi connectivity index (χ0n) is 12.4. The molecule has 1 aliphatic heterocycles. The second kappa shape index (κ2) is 5.82. The third-order valence-electron chi connectivity index (χ3n) is 4.44. The van der Waals surface area contributed by atoms with Gasteiger partial charge in [-0.1, -0.05) is 19.1 Å². The van der Waals surface area contributed by atoms with Crippen molar-refractivity contribution < 1.29 is 9.47 Å². The summed E-state index contributed by atoms with van der Waals surface area (Å²) in [4.78, 5) is 0. The van der Waals surface area contributed by atoms with Crippen LogP contribution in [-0.2, 0) is 0 Å². The van der Waals surface area contributed by atoms with Crippen LogP contribution in [0.3, 0.4) is 0 Å². The number of hydrogen-bond acceptors (Lipinski definition) is 3. The maximum atomic E-state index is 6.32. The highest BCUT2D eigenvalue weighted by molar-refractivity contribution is 5.85. The lowest BCUT2D eigenvalue weighted by atomic mass is 9.71. The number of para-hydroxylation sites is 1.